The normalized spacial score (nSPS) is 11.3. The van der Waals surface area contributed by atoms with Crippen LogP contribution in [0.25, 0.3) is 0 Å². The number of amides is 1. The molecule has 5 nitrogen and oxygen atoms in total. The van der Waals surface area contributed by atoms with Crippen molar-refractivity contribution in [3.05, 3.63) is 58.1 Å². The number of nitrogens with one attached hydrogen (secondary N) is 2. The standard InChI is InChI=1S/C16H17BrN2O3S/c1-3-18-23(21,22)14-8-5-12(6-9-14)16(20)19-15-10-13(17)7-4-11(15)2/h4-10,18H,3H2,1-2H3,(H,19,20). The van der Waals surface area contributed by atoms with Gasteiger partial charge in [0.1, 0.15) is 0 Å². The van der Waals surface area contributed by atoms with Gasteiger partial charge in [0.25, 0.3) is 5.91 Å². The lowest BCUT2D eigenvalue weighted by Gasteiger charge is -2.10. The first-order valence-corrected chi connectivity index (χ1v) is 9.28. The van der Waals surface area contributed by atoms with Gasteiger partial charge < -0.3 is 5.32 Å². The zero-order valence-corrected chi connectivity index (χ0v) is 15.2. The Morgan fingerprint density at radius 3 is 2.39 bits per heavy atom. The number of carbonyl (C=O) groups is 1. The SMILES string of the molecule is CCNS(=O)(=O)c1ccc(C(=O)Nc2cc(Br)ccc2C)cc1. The van der Waals surface area contributed by atoms with Crippen molar-refractivity contribution in [2.45, 2.75) is 18.7 Å². The zero-order valence-electron chi connectivity index (χ0n) is 12.8. The van der Waals surface area contributed by atoms with Crippen LogP contribution in [-0.4, -0.2) is 20.9 Å². The monoisotopic (exact) mass is 396 g/mol. The van der Waals surface area contributed by atoms with E-state index in [1.54, 1.807) is 6.92 Å². The molecule has 0 radical (unpaired) electrons. The minimum Gasteiger partial charge on any atom is -0.322 e. The molecule has 2 aromatic rings. The van der Waals surface area contributed by atoms with Crippen LogP contribution in [0.2, 0.25) is 0 Å². The highest BCUT2D eigenvalue weighted by atomic mass is 79.9. The van der Waals surface area contributed by atoms with Crippen LogP contribution in [0.15, 0.2) is 51.8 Å². The number of hydrogen-bond donors (Lipinski definition) is 2. The van der Waals surface area contributed by atoms with Crippen LogP contribution in [0.1, 0.15) is 22.8 Å². The van der Waals surface area contributed by atoms with Crippen molar-refractivity contribution in [2.24, 2.45) is 0 Å². The van der Waals surface area contributed by atoms with Gasteiger partial charge in [0.15, 0.2) is 0 Å². The Morgan fingerprint density at radius 2 is 1.78 bits per heavy atom. The Morgan fingerprint density at radius 1 is 1.13 bits per heavy atom. The second kappa shape index (κ2) is 7.25. The first-order valence-electron chi connectivity index (χ1n) is 7.00. The van der Waals surface area contributed by atoms with Gasteiger partial charge in [-0.15, -0.1) is 0 Å². The van der Waals surface area contributed by atoms with Crippen LogP contribution in [0.5, 0.6) is 0 Å². The Hall–Kier alpha value is -1.70. The molecule has 0 saturated heterocycles. The molecule has 7 heteroatoms. The molecule has 1 amide bonds. The van der Waals surface area contributed by atoms with Crippen molar-refractivity contribution in [3.63, 3.8) is 0 Å². The number of anilines is 1. The third-order valence-corrected chi connectivity index (χ3v) is 5.26. The summed E-state index contributed by atoms with van der Waals surface area (Å²) in [6.45, 7) is 3.92. The average molecular weight is 397 g/mol. The number of carbonyl (C=O) groups excluding carboxylic acids is 1. The summed E-state index contributed by atoms with van der Waals surface area (Å²) in [6, 6.07) is 11.4. The van der Waals surface area contributed by atoms with E-state index >= 15 is 0 Å². The van der Waals surface area contributed by atoms with E-state index in [4.69, 9.17) is 0 Å². The van der Waals surface area contributed by atoms with Crippen LogP contribution < -0.4 is 10.0 Å². The molecule has 0 unspecified atom stereocenters. The molecule has 23 heavy (non-hydrogen) atoms. The molecular weight excluding hydrogens is 380 g/mol. The predicted molar refractivity (Wildman–Crippen MR) is 94.1 cm³/mol. The quantitative estimate of drug-likeness (QED) is 0.813. The van der Waals surface area contributed by atoms with Crippen LogP contribution in [0.4, 0.5) is 5.69 Å². The zero-order chi connectivity index (χ0) is 17.0. The van der Waals surface area contributed by atoms with Crippen molar-refractivity contribution >= 4 is 37.5 Å². The molecule has 0 bridgehead atoms. The Labute approximate surface area is 144 Å². The van der Waals surface area contributed by atoms with Crippen molar-refractivity contribution in [3.8, 4) is 0 Å². The molecule has 0 aromatic heterocycles. The second-order valence-corrected chi connectivity index (χ2v) is 7.62. The average Bonchev–Trinajstić information content (AvgIpc) is 2.51. The van der Waals surface area contributed by atoms with Crippen LogP contribution >= 0.6 is 15.9 Å². The molecule has 0 saturated carbocycles. The summed E-state index contributed by atoms with van der Waals surface area (Å²) < 4.78 is 27.0. The fourth-order valence-electron chi connectivity index (χ4n) is 1.98. The minimum atomic E-state index is -3.51. The Bertz CT molecular complexity index is 818. The minimum absolute atomic E-state index is 0.134. The fraction of sp³-hybridized carbons (Fsp3) is 0.188. The van der Waals surface area contributed by atoms with Gasteiger partial charge in [-0.25, -0.2) is 13.1 Å². The maximum atomic E-state index is 12.3. The van der Waals surface area contributed by atoms with Crippen LogP contribution in [0, 0.1) is 6.92 Å². The summed E-state index contributed by atoms with van der Waals surface area (Å²) in [6.07, 6.45) is 0. The Kier molecular flexibility index (Phi) is 5.56. The number of sulfonamides is 1. The van der Waals surface area contributed by atoms with E-state index in [2.05, 4.69) is 26.0 Å². The van der Waals surface area contributed by atoms with E-state index < -0.39 is 10.0 Å². The summed E-state index contributed by atoms with van der Waals surface area (Å²) in [5.41, 5.74) is 2.03. The van der Waals surface area contributed by atoms with Gasteiger partial charge in [-0.3, -0.25) is 4.79 Å². The smallest absolute Gasteiger partial charge is 0.255 e. The lowest BCUT2D eigenvalue weighted by atomic mass is 10.1. The largest absolute Gasteiger partial charge is 0.322 e. The molecule has 0 aliphatic carbocycles. The van der Waals surface area contributed by atoms with E-state index in [1.807, 2.05) is 25.1 Å². The molecular formula is C16H17BrN2O3S. The van der Waals surface area contributed by atoms with Gasteiger partial charge in [-0.05, 0) is 48.9 Å². The maximum Gasteiger partial charge on any atom is 0.255 e. The van der Waals surface area contributed by atoms with Crippen LogP contribution in [-0.2, 0) is 10.0 Å². The van der Waals surface area contributed by atoms with Gasteiger partial charge >= 0.3 is 0 Å². The highest BCUT2D eigenvalue weighted by molar-refractivity contribution is 9.10. The molecule has 0 aliphatic heterocycles. The summed E-state index contributed by atoms with van der Waals surface area (Å²) >= 11 is 3.36. The van der Waals surface area contributed by atoms with Gasteiger partial charge in [0.2, 0.25) is 10.0 Å². The molecule has 0 spiro atoms. The molecule has 0 aliphatic rings. The highest BCUT2D eigenvalue weighted by Gasteiger charge is 2.14. The number of hydrogen-bond acceptors (Lipinski definition) is 3. The van der Waals surface area contributed by atoms with Crippen LogP contribution in [0.3, 0.4) is 0 Å². The van der Waals surface area contributed by atoms with Crippen molar-refractivity contribution in [1.82, 2.24) is 4.72 Å². The van der Waals surface area contributed by atoms with E-state index in [0.29, 0.717) is 17.8 Å². The first-order chi connectivity index (χ1) is 10.8. The summed E-state index contributed by atoms with van der Waals surface area (Å²) in [4.78, 5) is 12.4. The topological polar surface area (TPSA) is 75.3 Å². The lowest BCUT2D eigenvalue weighted by molar-refractivity contribution is 0.102. The maximum absolute atomic E-state index is 12.3. The summed E-state index contributed by atoms with van der Waals surface area (Å²) in [5, 5.41) is 2.82. The third kappa shape index (κ3) is 4.40. The van der Waals surface area contributed by atoms with E-state index in [0.717, 1.165) is 10.0 Å². The van der Waals surface area contributed by atoms with Gasteiger partial charge in [0, 0.05) is 22.3 Å². The molecule has 0 atom stereocenters. The summed E-state index contributed by atoms with van der Waals surface area (Å²) in [7, 11) is -3.51. The first kappa shape index (κ1) is 17.7. The highest BCUT2D eigenvalue weighted by Crippen LogP contribution is 2.21. The molecule has 2 aromatic carbocycles. The van der Waals surface area contributed by atoms with Gasteiger partial charge in [0.05, 0.1) is 4.90 Å². The third-order valence-electron chi connectivity index (χ3n) is 3.21. The molecule has 2 rings (SSSR count). The number of rotatable bonds is 5. The van der Waals surface area contributed by atoms with E-state index in [-0.39, 0.29) is 10.8 Å². The summed E-state index contributed by atoms with van der Waals surface area (Å²) in [5.74, 6) is -0.293. The number of aryl methyl sites for hydroxylation is 1. The molecule has 122 valence electrons. The molecule has 2 N–H and O–H groups in total. The van der Waals surface area contributed by atoms with Gasteiger partial charge in [-0.2, -0.15) is 0 Å². The lowest BCUT2D eigenvalue weighted by Crippen LogP contribution is -2.23. The van der Waals surface area contributed by atoms with E-state index in [1.165, 1.54) is 24.3 Å². The Balaban J connectivity index is 2.19. The van der Waals surface area contributed by atoms with E-state index in [9.17, 15) is 13.2 Å². The van der Waals surface area contributed by atoms with Crippen molar-refractivity contribution < 1.29 is 13.2 Å². The second-order valence-electron chi connectivity index (χ2n) is 4.94. The molecule has 0 fully saturated rings. The number of benzene rings is 2. The number of halogens is 1. The predicted octanol–water partition coefficient (Wildman–Crippen LogP) is 3.31. The van der Waals surface area contributed by atoms with Crippen molar-refractivity contribution in [1.29, 1.82) is 0 Å². The van der Waals surface area contributed by atoms with Crippen molar-refractivity contribution in [2.75, 3.05) is 11.9 Å². The van der Waals surface area contributed by atoms with Gasteiger partial charge in [-0.1, -0.05) is 28.9 Å². The molecule has 0 heterocycles. The fourth-order valence-corrected chi connectivity index (χ4v) is 3.38.